The molecule has 0 spiro atoms. The maximum atomic E-state index is 5.78. The first-order chi connectivity index (χ1) is 12.0. The van der Waals surface area contributed by atoms with Crippen molar-refractivity contribution in [3.05, 3.63) is 66.4 Å². The number of hydrogen-bond acceptors (Lipinski definition) is 4. The lowest BCUT2D eigenvalue weighted by Crippen LogP contribution is -2.11. The molecule has 25 heavy (non-hydrogen) atoms. The summed E-state index contributed by atoms with van der Waals surface area (Å²) in [6.45, 7) is 8.61. The van der Waals surface area contributed by atoms with E-state index < -0.39 is 0 Å². The van der Waals surface area contributed by atoms with Crippen LogP contribution in [0.4, 0.5) is 0 Å². The molecule has 5 heteroatoms. The van der Waals surface area contributed by atoms with Crippen molar-refractivity contribution in [1.82, 2.24) is 19.7 Å². The van der Waals surface area contributed by atoms with Gasteiger partial charge in [-0.05, 0) is 22.6 Å². The fraction of sp³-hybridized carbons (Fsp3) is 0.350. The van der Waals surface area contributed by atoms with Gasteiger partial charge < -0.3 is 4.74 Å². The summed E-state index contributed by atoms with van der Waals surface area (Å²) in [6, 6.07) is 10.5. The summed E-state index contributed by atoms with van der Waals surface area (Å²) >= 11 is 0. The molecule has 0 unspecified atom stereocenters. The fourth-order valence-corrected chi connectivity index (χ4v) is 2.53. The van der Waals surface area contributed by atoms with Gasteiger partial charge in [0.25, 0.3) is 0 Å². The van der Waals surface area contributed by atoms with Crippen molar-refractivity contribution in [2.45, 2.75) is 39.3 Å². The monoisotopic (exact) mass is 336 g/mol. The topological polar surface area (TPSA) is 52.8 Å². The molecule has 0 saturated heterocycles. The molecule has 0 saturated carbocycles. The van der Waals surface area contributed by atoms with Crippen LogP contribution in [0.25, 0.3) is 11.3 Å². The molecule has 0 radical (unpaired) electrons. The van der Waals surface area contributed by atoms with Crippen molar-refractivity contribution >= 4 is 0 Å². The number of nitrogens with zero attached hydrogens (tertiary/aromatic N) is 4. The second kappa shape index (κ2) is 7.57. The summed E-state index contributed by atoms with van der Waals surface area (Å²) in [4.78, 5) is 8.15. The molecule has 0 aliphatic heterocycles. The van der Waals surface area contributed by atoms with Crippen molar-refractivity contribution < 1.29 is 4.74 Å². The molecule has 3 aromatic rings. The molecule has 0 N–H and O–H groups in total. The van der Waals surface area contributed by atoms with Crippen LogP contribution in [-0.2, 0) is 23.3 Å². The van der Waals surface area contributed by atoms with Crippen LogP contribution in [0.3, 0.4) is 0 Å². The SMILES string of the molecule is CC(C)(C)c1ccc(COCCn2cc(-c3ccncn3)cn2)cc1. The molecule has 130 valence electrons. The molecule has 5 nitrogen and oxygen atoms in total. The Balaban J connectivity index is 1.47. The average molecular weight is 336 g/mol. The van der Waals surface area contributed by atoms with Gasteiger partial charge >= 0.3 is 0 Å². The number of rotatable bonds is 6. The minimum Gasteiger partial charge on any atom is -0.375 e. The predicted octanol–water partition coefficient (Wildman–Crippen LogP) is 3.85. The minimum atomic E-state index is 0.181. The Hall–Kier alpha value is -2.53. The molecular formula is C20H24N4O. The molecule has 0 aliphatic rings. The standard InChI is InChI=1S/C20H24N4O/c1-20(2,3)18-6-4-16(5-7-18)14-25-11-10-24-13-17(12-23-24)19-8-9-21-15-22-19/h4-9,12-13,15H,10-11,14H2,1-3H3. The zero-order valence-electron chi connectivity index (χ0n) is 15.0. The molecule has 0 aliphatic carbocycles. The number of ether oxygens (including phenoxy) is 1. The van der Waals surface area contributed by atoms with E-state index in [1.165, 1.54) is 11.1 Å². The quantitative estimate of drug-likeness (QED) is 0.642. The molecule has 0 amide bonds. The summed E-state index contributed by atoms with van der Waals surface area (Å²) in [5, 5.41) is 4.35. The minimum absolute atomic E-state index is 0.181. The number of aromatic nitrogens is 4. The lowest BCUT2D eigenvalue weighted by Gasteiger charge is -2.19. The molecule has 3 rings (SSSR count). The summed E-state index contributed by atoms with van der Waals surface area (Å²) in [7, 11) is 0. The normalized spacial score (nSPS) is 11.6. The highest BCUT2D eigenvalue weighted by atomic mass is 16.5. The highest BCUT2D eigenvalue weighted by molar-refractivity contribution is 5.55. The van der Waals surface area contributed by atoms with Crippen molar-refractivity contribution in [1.29, 1.82) is 0 Å². The van der Waals surface area contributed by atoms with Gasteiger partial charge in [0, 0.05) is 18.0 Å². The van der Waals surface area contributed by atoms with E-state index in [2.05, 4.69) is 60.1 Å². The Bertz CT molecular complexity index is 789. The Morgan fingerprint density at radius 3 is 2.56 bits per heavy atom. The van der Waals surface area contributed by atoms with Gasteiger partial charge in [0.15, 0.2) is 0 Å². The van der Waals surface area contributed by atoms with Crippen LogP contribution in [0.1, 0.15) is 31.9 Å². The summed E-state index contributed by atoms with van der Waals surface area (Å²) in [6.07, 6.45) is 7.06. The van der Waals surface area contributed by atoms with Crippen LogP contribution in [0.15, 0.2) is 55.2 Å². The molecular weight excluding hydrogens is 312 g/mol. The average Bonchev–Trinajstić information content (AvgIpc) is 3.08. The van der Waals surface area contributed by atoms with Crippen LogP contribution in [0, 0.1) is 0 Å². The number of benzene rings is 1. The summed E-state index contributed by atoms with van der Waals surface area (Å²) < 4.78 is 7.65. The summed E-state index contributed by atoms with van der Waals surface area (Å²) in [5.74, 6) is 0. The first kappa shape index (κ1) is 17.3. The van der Waals surface area contributed by atoms with Gasteiger partial charge in [0.2, 0.25) is 0 Å². The lowest BCUT2D eigenvalue weighted by molar-refractivity contribution is 0.111. The van der Waals surface area contributed by atoms with E-state index in [-0.39, 0.29) is 5.41 Å². The third-order valence-corrected chi connectivity index (χ3v) is 4.06. The van der Waals surface area contributed by atoms with E-state index in [1.54, 1.807) is 12.5 Å². The van der Waals surface area contributed by atoms with E-state index in [4.69, 9.17) is 4.74 Å². The molecule has 0 bridgehead atoms. The van der Waals surface area contributed by atoms with Gasteiger partial charge in [-0.15, -0.1) is 0 Å². The van der Waals surface area contributed by atoms with Gasteiger partial charge in [-0.25, -0.2) is 9.97 Å². The molecule has 1 aromatic carbocycles. The van der Waals surface area contributed by atoms with E-state index >= 15 is 0 Å². The Morgan fingerprint density at radius 2 is 1.88 bits per heavy atom. The van der Waals surface area contributed by atoms with Crippen LogP contribution in [-0.4, -0.2) is 26.4 Å². The van der Waals surface area contributed by atoms with Gasteiger partial charge in [-0.2, -0.15) is 5.10 Å². The Labute approximate surface area is 148 Å². The molecule has 2 aromatic heterocycles. The van der Waals surface area contributed by atoms with Crippen LogP contribution in [0.5, 0.6) is 0 Å². The highest BCUT2D eigenvalue weighted by Gasteiger charge is 2.12. The van der Waals surface area contributed by atoms with Crippen molar-refractivity contribution in [3.63, 3.8) is 0 Å². The first-order valence-corrected chi connectivity index (χ1v) is 8.48. The van der Waals surface area contributed by atoms with E-state index in [9.17, 15) is 0 Å². The van der Waals surface area contributed by atoms with Crippen LogP contribution < -0.4 is 0 Å². The van der Waals surface area contributed by atoms with Crippen molar-refractivity contribution in [2.24, 2.45) is 0 Å². The first-order valence-electron chi connectivity index (χ1n) is 8.48. The van der Waals surface area contributed by atoms with Crippen molar-refractivity contribution in [3.8, 4) is 11.3 Å². The largest absolute Gasteiger partial charge is 0.375 e. The fourth-order valence-electron chi connectivity index (χ4n) is 2.53. The van der Waals surface area contributed by atoms with Crippen LogP contribution in [0.2, 0.25) is 0 Å². The maximum Gasteiger partial charge on any atom is 0.116 e. The smallest absolute Gasteiger partial charge is 0.116 e. The second-order valence-corrected chi connectivity index (χ2v) is 7.09. The van der Waals surface area contributed by atoms with Gasteiger partial charge in [-0.3, -0.25) is 4.68 Å². The molecule has 0 atom stereocenters. The summed E-state index contributed by atoms with van der Waals surface area (Å²) in [5.41, 5.74) is 4.57. The van der Waals surface area contributed by atoms with Gasteiger partial charge in [-0.1, -0.05) is 45.0 Å². The lowest BCUT2D eigenvalue weighted by atomic mass is 9.87. The van der Waals surface area contributed by atoms with E-state index in [0.29, 0.717) is 19.8 Å². The Kier molecular flexibility index (Phi) is 5.24. The maximum absolute atomic E-state index is 5.78. The van der Waals surface area contributed by atoms with Gasteiger partial charge in [0.1, 0.15) is 6.33 Å². The predicted molar refractivity (Wildman–Crippen MR) is 98.1 cm³/mol. The third kappa shape index (κ3) is 4.73. The van der Waals surface area contributed by atoms with Gasteiger partial charge in [0.05, 0.1) is 31.6 Å². The van der Waals surface area contributed by atoms with E-state index in [0.717, 1.165) is 11.3 Å². The van der Waals surface area contributed by atoms with Crippen molar-refractivity contribution in [2.75, 3.05) is 6.61 Å². The second-order valence-electron chi connectivity index (χ2n) is 7.09. The van der Waals surface area contributed by atoms with E-state index in [1.807, 2.05) is 23.1 Å². The van der Waals surface area contributed by atoms with Crippen LogP contribution >= 0.6 is 0 Å². The zero-order valence-corrected chi connectivity index (χ0v) is 15.0. The highest BCUT2D eigenvalue weighted by Crippen LogP contribution is 2.22. The third-order valence-electron chi connectivity index (χ3n) is 4.06. The zero-order chi connectivity index (χ0) is 17.7. The molecule has 0 fully saturated rings. The molecule has 2 heterocycles. The Morgan fingerprint density at radius 1 is 1.08 bits per heavy atom. The number of hydrogen-bond donors (Lipinski definition) is 0.